The van der Waals surface area contributed by atoms with Crippen LogP contribution >= 0.6 is 0 Å². The van der Waals surface area contributed by atoms with Gasteiger partial charge in [0.25, 0.3) is 0 Å². The molecule has 1 aromatic rings. The lowest BCUT2D eigenvalue weighted by atomic mass is 10.3. The molecule has 0 bridgehead atoms. The summed E-state index contributed by atoms with van der Waals surface area (Å²) in [5.74, 6) is 0. The van der Waals surface area contributed by atoms with Gasteiger partial charge in [0.1, 0.15) is 0 Å². The van der Waals surface area contributed by atoms with Crippen LogP contribution in [-0.4, -0.2) is 24.7 Å². The molecule has 17 heavy (non-hydrogen) atoms. The number of nitrogens with one attached hydrogen (secondary N) is 1. The summed E-state index contributed by atoms with van der Waals surface area (Å²) in [4.78, 5) is 4.34. The SMILES string of the molecule is CCCCOCCCNCc1ccc(C)cn1. The molecule has 0 radical (unpaired) electrons. The van der Waals surface area contributed by atoms with Gasteiger partial charge in [-0.3, -0.25) is 4.98 Å². The molecule has 0 aliphatic carbocycles. The van der Waals surface area contributed by atoms with Gasteiger partial charge in [0.05, 0.1) is 5.69 Å². The average molecular weight is 236 g/mol. The largest absolute Gasteiger partial charge is 0.381 e. The Morgan fingerprint density at radius 3 is 2.76 bits per heavy atom. The second-order valence-corrected chi connectivity index (χ2v) is 4.32. The first-order valence-corrected chi connectivity index (χ1v) is 6.53. The highest BCUT2D eigenvalue weighted by Gasteiger charge is 1.94. The van der Waals surface area contributed by atoms with Crippen molar-refractivity contribution in [2.45, 2.75) is 39.7 Å². The molecule has 96 valence electrons. The zero-order chi connectivity index (χ0) is 12.3. The van der Waals surface area contributed by atoms with E-state index in [2.05, 4.69) is 36.3 Å². The summed E-state index contributed by atoms with van der Waals surface area (Å²) in [7, 11) is 0. The fourth-order valence-corrected chi connectivity index (χ4v) is 1.47. The van der Waals surface area contributed by atoms with Crippen molar-refractivity contribution in [2.24, 2.45) is 0 Å². The molecule has 3 heteroatoms. The second kappa shape index (κ2) is 9.14. The van der Waals surface area contributed by atoms with E-state index < -0.39 is 0 Å². The first kappa shape index (κ1) is 14.1. The molecule has 1 aromatic heterocycles. The lowest BCUT2D eigenvalue weighted by Crippen LogP contribution is -2.17. The zero-order valence-corrected chi connectivity index (χ0v) is 11.0. The van der Waals surface area contributed by atoms with Gasteiger partial charge in [-0.1, -0.05) is 19.4 Å². The minimum Gasteiger partial charge on any atom is -0.381 e. The van der Waals surface area contributed by atoms with Crippen molar-refractivity contribution >= 4 is 0 Å². The maximum absolute atomic E-state index is 5.49. The smallest absolute Gasteiger partial charge is 0.0541 e. The third-order valence-corrected chi connectivity index (χ3v) is 2.56. The number of unbranched alkanes of at least 4 members (excludes halogenated alkanes) is 1. The van der Waals surface area contributed by atoms with E-state index >= 15 is 0 Å². The van der Waals surface area contributed by atoms with Gasteiger partial charge in [-0.2, -0.15) is 0 Å². The van der Waals surface area contributed by atoms with Gasteiger partial charge in [-0.25, -0.2) is 0 Å². The van der Waals surface area contributed by atoms with Crippen LogP contribution in [0.25, 0.3) is 0 Å². The van der Waals surface area contributed by atoms with Crippen molar-refractivity contribution in [3.05, 3.63) is 29.6 Å². The summed E-state index contributed by atoms with van der Waals surface area (Å²) in [5.41, 5.74) is 2.31. The van der Waals surface area contributed by atoms with Crippen molar-refractivity contribution < 1.29 is 4.74 Å². The zero-order valence-electron chi connectivity index (χ0n) is 11.0. The molecule has 0 spiro atoms. The Balaban J connectivity index is 1.95. The second-order valence-electron chi connectivity index (χ2n) is 4.32. The van der Waals surface area contributed by atoms with E-state index in [4.69, 9.17) is 4.74 Å². The number of aromatic nitrogens is 1. The van der Waals surface area contributed by atoms with Gasteiger partial charge in [-0.15, -0.1) is 0 Å². The number of rotatable bonds is 9. The van der Waals surface area contributed by atoms with Crippen molar-refractivity contribution in [1.29, 1.82) is 0 Å². The fraction of sp³-hybridized carbons (Fsp3) is 0.643. The number of hydrogen-bond donors (Lipinski definition) is 1. The minimum absolute atomic E-state index is 0.842. The summed E-state index contributed by atoms with van der Waals surface area (Å²) in [6, 6.07) is 4.16. The Hall–Kier alpha value is -0.930. The number of nitrogens with zero attached hydrogens (tertiary/aromatic N) is 1. The Labute approximate surface area is 105 Å². The van der Waals surface area contributed by atoms with Gasteiger partial charge < -0.3 is 10.1 Å². The number of ether oxygens (including phenoxy) is 1. The van der Waals surface area contributed by atoms with Crippen LogP contribution in [0.15, 0.2) is 18.3 Å². The highest BCUT2D eigenvalue weighted by Crippen LogP contribution is 1.97. The number of pyridine rings is 1. The first-order chi connectivity index (χ1) is 8.33. The molecular formula is C14H24N2O. The van der Waals surface area contributed by atoms with Gasteiger partial charge in [-0.05, 0) is 37.9 Å². The Morgan fingerprint density at radius 1 is 1.24 bits per heavy atom. The van der Waals surface area contributed by atoms with E-state index in [1.54, 1.807) is 0 Å². The highest BCUT2D eigenvalue weighted by molar-refractivity contribution is 5.11. The normalized spacial score (nSPS) is 10.7. The molecular weight excluding hydrogens is 212 g/mol. The molecule has 0 saturated carbocycles. The molecule has 1 heterocycles. The predicted molar refractivity (Wildman–Crippen MR) is 71.0 cm³/mol. The maximum Gasteiger partial charge on any atom is 0.0541 e. The van der Waals surface area contributed by atoms with E-state index in [-0.39, 0.29) is 0 Å². The standard InChI is InChI=1S/C14H24N2O/c1-3-4-9-17-10-5-8-15-12-14-7-6-13(2)11-16-14/h6-7,11,15H,3-5,8-10,12H2,1-2H3. The minimum atomic E-state index is 0.842. The van der Waals surface area contributed by atoms with Crippen LogP contribution in [0.5, 0.6) is 0 Å². The molecule has 3 nitrogen and oxygen atoms in total. The highest BCUT2D eigenvalue weighted by atomic mass is 16.5. The van der Waals surface area contributed by atoms with Crippen molar-refractivity contribution in [1.82, 2.24) is 10.3 Å². The summed E-state index contributed by atoms with van der Waals surface area (Å²) in [5, 5.41) is 3.37. The molecule has 0 fully saturated rings. The fourth-order valence-electron chi connectivity index (χ4n) is 1.47. The van der Waals surface area contributed by atoms with Gasteiger partial charge >= 0.3 is 0 Å². The lowest BCUT2D eigenvalue weighted by Gasteiger charge is -2.05. The molecule has 0 unspecified atom stereocenters. The van der Waals surface area contributed by atoms with Crippen LogP contribution in [0.1, 0.15) is 37.4 Å². The Kier molecular flexibility index (Phi) is 7.60. The predicted octanol–water partition coefficient (Wildman–Crippen LogP) is 2.69. The molecule has 1 rings (SSSR count). The third-order valence-electron chi connectivity index (χ3n) is 2.56. The summed E-state index contributed by atoms with van der Waals surface area (Å²) >= 11 is 0. The molecule has 0 atom stereocenters. The monoisotopic (exact) mass is 236 g/mol. The lowest BCUT2D eigenvalue weighted by molar-refractivity contribution is 0.128. The molecule has 1 N–H and O–H groups in total. The molecule has 0 amide bonds. The van der Waals surface area contributed by atoms with Crippen LogP contribution in [0.2, 0.25) is 0 Å². The molecule has 0 aliphatic heterocycles. The topological polar surface area (TPSA) is 34.1 Å². The van der Waals surface area contributed by atoms with Crippen molar-refractivity contribution in [2.75, 3.05) is 19.8 Å². The molecule has 0 aromatic carbocycles. The summed E-state index contributed by atoms with van der Waals surface area (Å²) < 4.78 is 5.49. The van der Waals surface area contributed by atoms with Crippen LogP contribution < -0.4 is 5.32 Å². The summed E-state index contributed by atoms with van der Waals surface area (Å²) in [6.07, 6.45) is 5.35. The van der Waals surface area contributed by atoms with Crippen LogP contribution in [0.3, 0.4) is 0 Å². The van der Waals surface area contributed by atoms with E-state index in [1.807, 2.05) is 6.20 Å². The quantitative estimate of drug-likeness (QED) is 0.669. The Bertz CT molecular complexity index is 285. The van der Waals surface area contributed by atoms with Gasteiger partial charge in [0, 0.05) is 26.0 Å². The van der Waals surface area contributed by atoms with Crippen LogP contribution in [0, 0.1) is 6.92 Å². The first-order valence-electron chi connectivity index (χ1n) is 6.53. The van der Waals surface area contributed by atoms with Crippen LogP contribution in [0.4, 0.5) is 0 Å². The molecule has 0 saturated heterocycles. The maximum atomic E-state index is 5.49. The van der Waals surface area contributed by atoms with Crippen LogP contribution in [-0.2, 0) is 11.3 Å². The third kappa shape index (κ3) is 7.08. The summed E-state index contributed by atoms with van der Waals surface area (Å²) in [6.45, 7) is 7.82. The Morgan fingerprint density at radius 2 is 2.06 bits per heavy atom. The number of aryl methyl sites for hydroxylation is 1. The van der Waals surface area contributed by atoms with E-state index in [9.17, 15) is 0 Å². The van der Waals surface area contributed by atoms with E-state index in [0.717, 1.165) is 38.4 Å². The van der Waals surface area contributed by atoms with Gasteiger partial charge in [0.2, 0.25) is 0 Å². The average Bonchev–Trinajstić information content (AvgIpc) is 2.35. The van der Waals surface area contributed by atoms with Gasteiger partial charge in [0.15, 0.2) is 0 Å². The van der Waals surface area contributed by atoms with Crippen molar-refractivity contribution in [3.8, 4) is 0 Å². The van der Waals surface area contributed by atoms with E-state index in [0.29, 0.717) is 0 Å². The molecule has 0 aliphatic rings. The van der Waals surface area contributed by atoms with Crippen molar-refractivity contribution in [3.63, 3.8) is 0 Å². The van der Waals surface area contributed by atoms with E-state index in [1.165, 1.54) is 18.4 Å². The number of hydrogen-bond acceptors (Lipinski definition) is 3.